The van der Waals surface area contributed by atoms with Gasteiger partial charge < -0.3 is 30.0 Å². The molecule has 0 bridgehead atoms. The Morgan fingerprint density at radius 2 is 1.84 bits per heavy atom. The van der Waals surface area contributed by atoms with Crippen molar-refractivity contribution in [2.45, 2.75) is 44.1 Å². The third kappa shape index (κ3) is 6.89. The third-order valence-corrected chi connectivity index (χ3v) is 11.3. The van der Waals surface area contributed by atoms with Crippen LogP contribution < -0.4 is 26.4 Å². The van der Waals surface area contributed by atoms with E-state index in [-0.39, 0.29) is 78.0 Å². The van der Waals surface area contributed by atoms with Crippen molar-refractivity contribution in [1.82, 2.24) is 30.1 Å². The number of carbonyl (C=O) groups excluding carboxylic acids is 4. The van der Waals surface area contributed by atoms with Crippen LogP contribution in [0.1, 0.15) is 56.7 Å². The maximum Gasteiger partial charge on any atom is 0.274 e. The zero-order chi connectivity index (χ0) is 40.3. The lowest BCUT2D eigenvalue weighted by molar-refractivity contribution is -0.136. The SMILES string of the molecule is Cn1cc2c3c(c[nH]c3c1=O)CN(c1ncc(F)cc1F)c1cc(C(=O)NCCCNc3cccc4c3CN(C3CCC(=O)NC3=O)C4=O)c(CS(C)(=O)=O)cc1-2. The second kappa shape index (κ2) is 14.3. The number of amides is 4. The quantitative estimate of drug-likeness (QED) is 0.120. The maximum atomic E-state index is 15.5. The van der Waals surface area contributed by atoms with Crippen molar-refractivity contribution in [1.29, 1.82) is 0 Å². The highest BCUT2D eigenvalue weighted by atomic mass is 32.2. The summed E-state index contributed by atoms with van der Waals surface area (Å²) in [6.45, 7) is 0.684. The zero-order valence-electron chi connectivity index (χ0n) is 30.7. The van der Waals surface area contributed by atoms with Gasteiger partial charge in [0.15, 0.2) is 21.5 Å². The molecule has 3 aliphatic heterocycles. The summed E-state index contributed by atoms with van der Waals surface area (Å²) in [5.74, 6) is -4.37. The lowest BCUT2D eigenvalue weighted by Gasteiger charge is -2.29. The molecular formula is C39H36F2N8O7S. The number of pyridine rings is 2. The lowest BCUT2D eigenvalue weighted by Crippen LogP contribution is -2.52. The number of benzene rings is 2. The molecule has 4 N–H and O–H groups in total. The molecule has 3 aromatic heterocycles. The number of aromatic amines is 1. The largest absolute Gasteiger partial charge is 0.385 e. The van der Waals surface area contributed by atoms with Crippen molar-refractivity contribution >= 4 is 61.6 Å². The predicted molar refractivity (Wildman–Crippen MR) is 205 cm³/mol. The number of carbonyl (C=O) groups is 4. The summed E-state index contributed by atoms with van der Waals surface area (Å²) in [6, 6.07) is 8.19. The Hall–Kier alpha value is -6.43. The average Bonchev–Trinajstić information content (AvgIpc) is 3.69. The van der Waals surface area contributed by atoms with Crippen molar-refractivity contribution in [2.24, 2.45) is 7.05 Å². The van der Waals surface area contributed by atoms with Crippen LogP contribution in [0.2, 0.25) is 0 Å². The normalized spacial score (nSPS) is 16.4. The van der Waals surface area contributed by atoms with Gasteiger partial charge in [-0.1, -0.05) is 6.07 Å². The number of aryl methyl sites for hydroxylation is 1. The summed E-state index contributed by atoms with van der Waals surface area (Å²) in [5, 5.41) is 8.99. The molecule has 4 amide bonds. The van der Waals surface area contributed by atoms with Crippen molar-refractivity contribution < 1.29 is 36.4 Å². The van der Waals surface area contributed by atoms with E-state index in [1.54, 1.807) is 37.6 Å². The second-order valence-electron chi connectivity index (χ2n) is 14.4. The second-order valence-corrected chi connectivity index (χ2v) is 16.6. The first-order chi connectivity index (χ1) is 27.2. The van der Waals surface area contributed by atoms with E-state index in [0.717, 1.165) is 12.5 Å². The number of hydrogen-bond acceptors (Lipinski definition) is 10. The molecule has 294 valence electrons. The van der Waals surface area contributed by atoms with Crippen LogP contribution in [0, 0.1) is 11.6 Å². The van der Waals surface area contributed by atoms with E-state index in [4.69, 9.17) is 0 Å². The molecule has 8 rings (SSSR count). The molecule has 5 aromatic rings. The molecule has 15 nitrogen and oxygen atoms in total. The van der Waals surface area contributed by atoms with Gasteiger partial charge in [-0.15, -0.1) is 0 Å². The highest BCUT2D eigenvalue weighted by molar-refractivity contribution is 7.89. The number of rotatable bonds is 10. The average molecular weight is 799 g/mol. The van der Waals surface area contributed by atoms with Crippen molar-refractivity contribution in [2.75, 3.05) is 29.6 Å². The van der Waals surface area contributed by atoms with Crippen LogP contribution in [0.25, 0.3) is 22.0 Å². The molecule has 0 radical (unpaired) electrons. The maximum absolute atomic E-state index is 15.5. The van der Waals surface area contributed by atoms with Gasteiger partial charge in [-0.3, -0.25) is 29.3 Å². The molecule has 0 aliphatic carbocycles. The molecule has 1 fully saturated rings. The Labute approximate surface area is 324 Å². The number of fused-ring (bicyclic) bond motifs is 3. The number of anilines is 3. The van der Waals surface area contributed by atoms with Crippen LogP contribution in [0.3, 0.4) is 0 Å². The van der Waals surface area contributed by atoms with E-state index in [1.807, 2.05) is 6.07 Å². The molecule has 1 unspecified atom stereocenters. The zero-order valence-corrected chi connectivity index (χ0v) is 31.6. The van der Waals surface area contributed by atoms with Gasteiger partial charge in [-0.05, 0) is 48.2 Å². The fraction of sp³-hybridized carbons (Fsp3) is 0.282. The van der Waals surface area contributed by atoms with Gasteiger partial charge in [-0.25, -0.2) is 22.2 Å². The molecule has 3 aliphatic rings. The van der Waals surface area contributed by atoms with Crippen LogP contribution in [0.5, 0.6) is 0 Å². The summed E-state index contributed by atoms with van der Waals surface area (Å²) in [6.07, 6.45) is 5.92. The highest BCUT2D eigenvalue weighted by Crippen LogP contribution is 2.45. The summed E-state index contributed by atoms with van der Waals surface area (Å²) in [7, 11) is -2.12. The summed E-state index contributed by atoms with van der Waals surface area (Å²) in [4.78, 5) is 74.4. The topological polar surface area (TPSA) is 196 Å². The number of aromatic nitrogens is 3. The smallest absolute Gasteiger partial charge is 0.274 e. The van der Waals surface area contributed by atoms with Gasteiger partial charge in [-0.2, -0.15) is 0 Å². The monoisotopic (exact) mass is 798 g/mol. The molecule has 1 atom stereocenters. The number of sulfone groups is 1. The molecule has 57 heavy (non-hydrogen) atoms. The van der Waals surface area contributed by atoms with Crippen LogP contribution in [0.15, 0.2) is 59.8 Å². The van der Waals surface area contributed by atoms with E-state index in [0.29, 0.717) is 57.9 Å². The third-order valence-electron chi connectivity index (χ3n) is 10.5. The number of halogens is 2. The Kier molecular flexibility index (Phi) is 9.38. The van der Waals surface area contributed by atoms with Gasteiger partial charge >= 0.3 is 0 Å². The van der Waals surface area contributed by atoms with Crippen LogP contribution >= 0.6 is 0 Å². The highest BCUT2D eigenvalue weighted by Gasteiger charge is 2.40. The number of nitrogens with zero attached hydrogens (tertiary/aromatic N) is 4. The standard InChI is InChI=1S/C39H36F2N8O7S/c1-47-17-27-25-11-20(19-57(2,55)56)24(13-31(25)48(35-28(41)12-22(40)15-45-35)16-21-14-44-34(33(21)27)39(47)54)36(51)43-10-4-9-42-29-6-3-5-23-26(29)18-49(38(23)53)30-7-8-32(50)46-37(30)52/h3,5-6,11-15,17,30,42,44H,4,7-10,16,18-19H2,1-2H3,(H,43,51)(H,46,50,52). The molecule has 0 spiro atoms. The van der Waals surface area contributed by atoms with Gasteiger partial charge in [0.1, 0.15) is 17.4 Å². The van der Waals surface area contributed by atoms with Crippen LogP contribution in [-0.2, 0) is 45.3 Å². The van der Waals surface area contributed by atoms with Crippen molar-refractivity contribution in [3.8, 4) is 11.1 Å². The van der Waals surface area contributed by atoms with Crippen LogP contribution in [-0.4, -0.2) is 76.9 Å². The van der Waals surface area contributed by atoms with E-state index in [9.17, 15) is 36.8 Å². The Morgan fingerprint density at radius 3 is 2.60 bits per heavy atom. The van der Waals surface area contributed by atoms with Crippen LogP contribution in [0.4, 0.5) is 26.0 Å². The van der Waals surface area contributed by atoms with Gasteiger partial charge in [0, 0.05) is 96.7 Å². The summed E-state index contributed by atoms with van der Waals surface area (Å²) < 4.78 is 56.4. The predicted octanol–water partition coefficient (Wildman–Crippen LogP) is 3.40. The summed E-state index contributed by atoms with van der Waals surface area (Å²) in [5.41, 5.74) is 3.82. The van der Waals surface area contributed by atoms with E-state index in [2.05, 4.69) is 25.9 Å². The molecule has 2 aromatic carbocycles. The molecular weight excluding hydrogens is 763 g/mol. The number of imide groups is 1. The van der Waals surface area contributed by atoms with Crippen molar-refractivity contribution in [3.63, 3.8) is 0 Å². The fourth-order valence-electron chi connectivity index (χ4n) is 7.86. The Bertz CT molecular complexity index is 2730. The minimum absolute atomic E-state index is 0.0156. The number of hydrogen-bond donors (Lipinski definition) is 4. The van der Waals surface area contributed by atoms with Gasteiger partial charge in [0.2, 0.25) is 11.8 Å². The molecule has 6 heterocycles. The number of nitrogens with one attached hydrogen (secondary N) is 4. The first kappa shape index (κ1) is 37.5. The molecule has 0 saturated carbocycles. The van der Waals surface area contributed by atoms with E-state index < -0.39 is 45.1 Å². The lowest BCUT2D eigenvalue weighted by atomic mass is 9.96. The minimum atomic E-state index is -3.69. The van der Waals surface area contributed by atoms with E-state index >= 15 is 4.39 Å². The van der Waals surface area contributed by atoms with Gasteiger partial charge in [0.25, 0.3) is 17.4 Å². The molecule has 1 saturated heterocycles. The van der Waals surface area contributed by atoms with E-state index in [1.165, 1.54) is 20.4 Å². The summed E-state index contributed by atoms with van der Waals surface area (Å²) >= 11 is 0. The fourth-order valence-corrected chi connectivity index (χ4v) is 8.66. The minimum Gasteiger partial charge on any atom is -0.385 e. The van der Waals surface area contributed by atoms with Crippen molar-refractivity contribution in [3.05, 3.63) is 105 Å². The number of piperidine rings is 1. The first-order valence-electron chi connectivity index (χ1n) is 18.1. The first-order valence-corrected chi connectivity index (χ1v) is 20.2. The Morgan fingerprint density at radius 1 is 1.04 bits per heavy atom. The van der Waals surface area contributed by atoms with Gasteiger partial charge in [0.05, 0.1) is 24.2 Å². The molecule has 18 heteroatoms. The Balaban J connectivity index is 1.06. The number of H-pyrrole nitrogens is 1.